The Morgan fingerprint density at radius 1 is 1.20 bits per heavy atom. The van der Waals surface area contributed by atoms with Crippen molar-refractivity contribution in [3.63, 3.8) is 0 Å². The fourth-order valence-electron chi connectivity index (χ4n) is 1.71. The van der Waals surface area contributed by atoms with Crippen LogP contribution in [0.1, 0.15) is 32.0 Å². The molecule has 4 heteroatoms. The van der Waals surface area contributed by atoms with E-state index in [1.165, 1.54) is 6.07 Å². The second-order valence-electron chi connectivity index (χ2n) is 5.61. The monoisotopic (exact) mass is 293 g/mol. The fourth-order valence-corrected chi connectivity index (χ4v) is 1.87. The van der Waals surface area contributed by atoms with Crippen LogP contribution in [-0.2, 0) is 11.3 Å². The number of hydrogen-bond acceptors (Lipinski definition) is 2. The first-order valence-corrected chi connectivity index (χ1v) is 6.93. The first-order chi connectivity index (χ1) is 9.40. The zero-order chi connectivity index (χ0) is 14.8. The molecule has 2 nitrogen and oxygen atoms in total. The number of nitrogens with zero attached hydrogens (tertiary/aromatic N) is 1. The van der Waals surface area contributed by atoms with Crippen LogP contribution in [0, 0.1) is 5.82 Å². The highest BCUT2D eigenvalue weighted by molar-refractivity contribution is 6.17. The number of hydrogen-bond donors (Lipinski definition) is 0. The number of para-hydroxylation sites is 1. The van der Waals surface area contributed by atoms with Crippen LogP contribution < -0.4 is 4.74 Å². The van der Waals surface area contributed by atoms with E-state index in [2.05, 4.69) is 25.8 Å². The van der Waals surface area contributed by atoms with Crippen LogP contribution >= 0.6 is 11.6 Å². The van der Waals surface area contributed by atoms with Gasteiger partial charge in [0.1, 0.15) is 0 Å². The Hall–Kier alpha value is -1.61. The van der Waals surface area contributed by atoms with Gasteiger partial charge < -0.3 is 4.74 Å². The molecule has 0 bridgehead atoms. The molecule has 2 aromatic rings. The van der Waals surface area contributed by atoms with Crippen molar-refractivity contribution in [2.24, 2.45) is 0 Å². The van der Waals surface area contributed by atoms with Gasteiger partial charge in [-0.2, -0.15) is 0 Å². The molecule has 1 aromatic carbocycles. The molecule has 106 valence electrons. The van der Waals surface area contributed by atoms with E-state index in [9.17, 15) is 4.39 Å². The van der Waals surface area contributed by atoms with E-state index in [0.717, 1.165) is 11.3 Å². The van der Waals surface area contributed by atoms with Gasteiger partial charge in [-0.05, 0) is 23.8 Å². The maximum absolute atomic E-state index is 13.6. The molecule has 0 saturated carbocycles. The molecule has 0 aliphatic rings. The SMILES string of the molecule is CC(C)(C)c1cc(CCl)cc(Oc2ccccc2F)n1. The van der Waals surface area contributed by atoms with E-state index >= 15 is 0 Å². The molecule has 2 rings (SSSR count). The van der Waals surface area contributed by atoms with Gasteiger partial charge in [-0.3, -0.25) is 0 Å². The summed E-state index contributed by atoms with van der Waals surface area (Å²) < 4.78 is 19.2. The Labute approximate surface area is 123 Å². The molecule has 0 fully saturated rings. The molecule has 0 N–H and O–H groups in total. The summed E-state index contributed by atoms with van der Waals surface area (Å²) in [6.07, 6.45) is 0. The van der Waals surface area contributed by atoms with Gasteiger partial charge in [0, 0.05) is 17.4 Å². The predicted octanol–water partition coefficient (Wildman–Crippen LogP) is 5.05. The molecule has 0 aliphatic carbocycles. The van der Waals surface area contributed by atoms with Gasteiger partial charge in [0.05, 0.1) is 5.69 Å². The number of pyridine rings is 1. The van der Waals surface area contributed by atoms with Gasteiger partial charge in [-0.1, -0.05) is 32.9 Å². The lowest BCUT2D eigenvalue weighted by Gasteiger charge is -2.19. The third kappa shape index (κ3) is 3.48. The number of alkyl halides is 1. The standard InChI is InChI=1S/C16H17ClFNO/c1-16(2,3)14-8-11(10-17)9-15(19-14)20-13-7-5-4-6-12(13)18/h4-9H,10H2,1-3H3. The van der Waals surface area contributed by atoms with Crippen molar-refractivity contribution < 1.29 is 9.13 Å². The normalized spacial score (nSPS) is 11.4. The molecule has 0 unspecified atom stereocenters. The maximum Gasteiger partial charge on any atom is 0.219 e. The van der Waals surface area contributed by atoms with Gasteiger partial charge in [-0.25, -0.2) is 9.37 Å². The van der Waals surface area contributed by atoms with Crippen LogP contribution in [-0.4, -0.2) is 4.98 Å². The minimum absolute atomic E-state index is 0.130. The summed E-state index contributed by atoms with van der Waals surface area (Å²) in [6, 6.07) is 9.93. The third-order valence-corrected chi connectivity index (χ3v) is 3.14. The molecule has 0 atom stereocenters. The van der Waals surface area contributed by atoms with Gasteiger partial charge in [0.15, 0.2) is 11.6 Å². The summed E-state index contributed by atoms with van der Waals surface area (Å²) >= 11 is 5.90. The van der Waals surface area contributed by atoms with Crippen molar-refractivity contribution in [2.45, 2.75) is 32.1 Å². The second kappa shape index (κ2) is 5.80. The van der Waals surface area contributed by atoms with Crippen LogP contribution in [0.15, 0.2) is 36.4 Å². The summed E-state index contributed by atoms with van der Waals surface area (Å²) in [5.74, 6) is 0.465. The topological polar surface area (TPSA) is 22.1 Å². The van der Waals surface area contributed by atoms with Crippen molar-refractivity contribution in [3.05, 3.63) is 53.5 Å². The smallest absolute Gasteiger partial charge is 0.219 e. The van der Waals surface area contributed by atoms with Crippen molar-refractivity contribution in [1.29, 1.82) is 0 Å². The molecule has 20 heavy (non-hydrogen) atoms. The zero-order valence-electron chi connectivity index (χ0n) is 11.8. The average Bonchev–Trinajstić information content (AvgIpc) is 2.40. The van der Waals surface area contributed by atoms with Crippen LogP contribution in [0.5, 0.6) is 11.6 Å². The first kappa shape index (κ1) is 14.8. The first-order valence-electron chi connectivity index (χ1n) is 6.40. The highest BCUT2D eigenvalue weighted by atomic mass is 35.5. The Balaban J connectivity index is 2.39. The van der Waals surface area contributed by atoms with Crippen LogP contribution in [0.3, 0.4) is 0 Å². The van der Waals surface area contributed by atoms with Crippen molar-refractivity contribution >= 4 is 11.6 Å². The Bertz CT molecular complexity index is 608. The van der Waals surface area contributed by atoms with E-state index in [4.69, 9.17) is 16.3 Å². The minimum Gasteiger partial charge on any atom is -0.436 e. The van der Waals surface area contributed by atoms with Gasteiger partial charge in [0.2, 0.25) is 5.88 Å². The lowest BCUT2D eigenvalue weighted by molar-refractivity contribution is 0.420. The minimum atomic E-state index is -0.414. The van der Waals surface area contributed by atoms with E-state index in [-0.39, 0.29) is 11.2 Å². The summed E-state index contributed by atoms with van der Waals surface area (Å²) in [7, 11) is 0. The van der Waals surface area contributed by atoms with Crippen LogP contribution in [0.2, 0.25) is 0 Å². The molecule has 0 spiro atoms. The summed E-state index contributed by atoms with van der Waals surface area (Å²) in [5.41, 5.74) is 1.63. The molecule has 0 amide bonds. The highest BCUT2D eigenvalue weighted by Gasteiger charge is 2.18. The Morgan fingerprint density at radius 3 is 2.50 bits per heavy atom. The Kier molecular flexibility index (Phi) is 4.29. The van der Waals surface area contributed by atoms with E-state index in [1.54, 1.807) is 24.3 Å². The van der Waals surface area contributed by atoms with Gasteiger partial charge in [0.25, 0.3) is 0 Å². The lowest BCUT2D eigenvalue weighted by Crippen LogP contribution is -2.14. The molecule has 1 heterocycles. The lowest BCUT2D eigenvalue weighted by atomic mass is 9.91. The van der Waals surface area contributed by atoms with E-state index in [0.29, 0.717) is 11.8 Å². The number of rotatable bonds is 3. The second-order valence-corrected chi connectivity index (χ2v) is 5.88. The number of ether oxygens (including phenoxy) is 1. The number of benzene rings is 1. The maximum atomic E-state index is 13.6. The third-order valence-electron chi connectivity index (χ3n) is 2.84. The summed E-state index contributed by atoms with van der Waals surface area (Å²) in [5, 5.41) is 0. The molecule has 0 saturated heterocycles. The van der Waals surface area contributed by atoms with E-state index < -0.39 is 5.82 Å². The fraction of sp³-hybridized carbons (Fsp3) is 0.312. The summed E-state index contributed by atoms with van der Waals surface area (Å²) in [6.45, 7) is 6.17. The highest BCUT2D eigenvalue weighted by Crippen LogP contribution is 2.28. The average molecular weight is 294 g/mol. The molecule has 0 radical (unpaired) electrons. The van der Waals surface area contributed by atoms with Gasteiger partial charge in [-0.15, -0.1) is 11.6 Å². The molecular weight excluding hydrogens is 277 g/mol. The van der Waals surface area contributed by atoms with Crippen molar-refractivity contribution in [1.82, 2.24) is 4.98 Å². The predicted molar refractivity (Wildman–Crippen MR) is 79.0 cm³/mol. The molecular formula is C16H17ClFNO. The number of halogens is 2. The van der Waals surface area contributed by atoms with Crippen LogP contribution in [0.4, 0.5) is 4.39 Å². The largest absolute Gasteiger partial charge is 0.436 e. The molecule has 1 aromatic heterocycles. The van der Waals surface area contributed by atoms with E-state index in [1.807, 2.05) is 6.07 Å². The van der Waals surface area contributed by atoms with Crippen molar-refractivity contribution in [2.75, 3.05) is 0 Å². The Morgan fingerprint density at radius 2 is 1.90 bits per heavy atom. The van der Waals surface area contributed by atoms with Crippen molar-refractivity contribution in [3.8, 4) is 11.6 Å². The van der Waals surface area contributed by atoms with Crippen LogP contribution in [0.25, 0.3) is 0 Å². The molecule has 0 aliphatic heterocycles. The quantitative estimate of drug-likeness (QED) is 0.739. The zero-order valence-corrected chi connectivity index (χ0v) is 12.5. The van der Waals surface area contributed by atoms with Gasteiger partial charge >= 0.3 is 0 Å². The number of aromatic nitrogens is 1. The summed E-state index contributed by atoms with van der Waals surface area (Å²) in [4.78, 5) is 4.44.